The van der Waals surface area contributed by atoms with Gasteiger partial charge in [0.15, 0.2) is 0 Å². The minimum Gasteiger partial charge on any atom is -0.395 e. The van der Waals surface area contributed by atoms with E-state index in [9.17, 15) is 0 Å². The molecule has 4 unspecified atom stereocenters. The van der Waals surface area contributed by atoms with Gasteiger partial charge in [-0.25, -0.2) is 0 Å². The number of aliphatic hydroxyl groups excluding tert-OH is 1. The van der Waals surface area contributed by atoms with E-state index < -0.39 is 0 Å². The highest BCUT2D eigenvalue weighted by Gasteiger charge is 2.24. The van der Waals surface area contributed by atoms with E-state index in [0.717, 1.165) is 18.3 Å². The van der Waals surface area contributed by atoms with Crippen LogP contribution >= 0.6 is 0 Å². The maximum Gasteiger partial charge on any atom is 0.0583 e. The Labute approximate surface area is 93.0 Å². The van der Waals surface area contributed by atoms with Crippen LogP contribution in [0.5, 0.6) is 0 Å². The zero-order valence-electron chi connectivity index (χ0n) is 9.98. The molecule has 3 heteroatoms. The van der Waals surface area contributed by atoms with E-state index in [0.29, 0.717) is 12.7 Å². The molecule has 1 fully saturated rings. The van der Waals surface area contributed by atoms with Crippen molar-refractivity contribution in [1.82, 2.24) is 0 Å². The lowest BCUT2D eigenvalue weighted by atomic mass is 9.80. The predicted octanol–water partition coefficient (Wildman–Crippen LogP) is 1.54. The van der Waals surface area contributed by atoms with Crippen molar-refractivity contribution in [2.75, 3.05) is 13.2 Å². The maximum atomic E-state index is 8.77. The largest absolute Gasteiger partial charge is 0.395 e. The number of rotatable bonds is 5. The van der Waals surface area contributed by atoms with E-state index in [1.54, 1.807) is 0 Å². The third kappa shape index (κ3) is 4.49. The smallest absolute Gasteiger partial charge is 0.0583 e. The molecule has 3 nitrogen and oxygen atoms in total. The van der Waals surface area contributed by atoms with Gasteiger partial charge in [-0.3, -0.25) is 0 Å². The van der Waals surface area contributed by atoms with Crippen molar-refractivity contribution in [2.24, 2.45) is 17.6 Å². The molecule has 4 atom stereocenters. The van der Waals surface area contributed by atoms with Crippen LogP contribution in [0.2, 0.25) is 0 Å². The number of hydrogen-bond acceptors (Lipinski definition) is 3. The van der Waals surface area contributed by atoms with Crippen LogP contribution in [0.4, 0.5) is 0 Å². The lowest BCUT2D eigenvalue weighted by molar-refractivity contribution is -0.00156. The van der Waals surface area contributed by atoms with E-state index in [-0.39, 0.29) is 12.6 Å². The summed E-state index contributed by atoms with van der Waals surface area (Å²) in [6.07, 6.45) is 4.81. The van der Waals surface area contributed by atoms with Crippen molar-refractivity contribution < 1.29 is 9.84 Å². The summed E-state index contributed by atoms with van der Waals surface area (Å²) >= 11 is 0. The van der Waals surface area contributed by atoms with Gasteiger partial charge in [-0.2, -0.15) is 0 Å². The van der Waals surface area contributed by atoms with Crippen molar-refractivity contribution in [3.05, 3.63) is 0 Å². The first kappa shape index (κ1) is 12.9. The topological polar surface area (TPSA) is 55.5 Å². The Morgan fingerprint density at radius 3 is 2.67 bits per heavy atom. The molecule has 0 aromatic heterocycles. The molecule has 3 N–H and O–H groups in total. The summed E-state index contributed by atoms with van der Waals surface area (Å²) < 4.78 is 5.78. The Morgan fingerprint density at radius 1 is 1.33 bits per heavy atom. The van der Waals surface area contributed by atoms with Crippen LogP contribution in [0.1, 0.15) is 39.5 Å². The normalized spacial score (nSPS) is 34.0. The van der Waals surface area contributed by atoms with Gasteiger partial charge in [-0.15, -0.1) is 0 Å². The van der Waals surface area contributed by atoms with Crippen molar-refractivity contribution in [3.8, 4) is 0 Å². The van der Waals surface area contributed by atoms with Crippen molar-refractivity contribution >= 4 is 0 Å². The molecule has 0 spiro atoms. The average Bonchev–Trinajstić information content (AvgIpc) is 2.23. The summed E-state index contributed by atoms with van der Waals surface area (Å²) in [7, 11) is 0. The minimum atomic E-state index is -0.120. The highest BCUT2D eigenvalue weighted by atomic mass is 16.5. The Balaban J connectivity index is 2.12. The molecule has 0 bridgehead atoms. The number of nitrogens with two attached hydrogens (primary N) is 1. The van der Waals surface area contributed by atoms with Crippen molar-refractivity contribution in [2.45, 2.75) is 51.7 Å². The van der Waals surface area contributed by atoms with Crippen LogP contribution in [-0.2, 0) is 4.74 Å². The monoisotopic (exact) mass is 215 g/mol. The zero-order valence-corrected chi connectivity index (χ0v) is 9.98. The first-order valence-corrected chi connectivity index (χ1v) is 6.11. The summed E-state index contributed by atoms with van der Waals surface area (Å²) in [6.45, 7) is 5.37. The molecule has 1 rings (SSSR count). The maximum absolute atomic E-state index is 8.77. The number of aliphatic hydroxyl groups is 1. The molecule has 1 saturated carbocycles. The van der Waals surface area contributed by atoms with Gasteiger partial charge in [-0.05, 0) is 37.5 Å². The zero-order chi connectivity index (χ0) is 11.3. The third-order valence-electron chi connectivity index (χ3n) is 3.63. The fourth-order valence-electron chi connectivity index (χ4n) is 2.13. The molecule has 0 radical (unpaired) electrons. The average molecular weight is 215 g/mol. The highest BCUT2D eigenvalue weighted by molar-refractivity contribution is 4.75. The molecular formula is C12H25NO2. The third-order valence-corrected chi connectivity index (χ3v) is 3.63. The molecule has 0 aromatic rings. The Morgan fingerprint density at radius 2 is 2.07 bits per heavy atom. The Kier molecular flexibility index (Phi) is 5.58. The minimum absolute atomic E-state index is 0.0570. The quantitative estimate of drug-likeness (QED) is 0.731. The molecule has 90 valence electrons. The molecule has 1 aliphatic carbocycles. The predicted molar refractivity (Wildman–Crippen MR) is 61.6 cm³/mol. The van der Waals surface area contributed by atoms with E-state index in [4.69, 9.17) is 15.6 Å². The molecule has 0 aliphatic heterocycles. The first-order valence-electron chi connectivity index (χ1n) is 6.11. The van der Waals surface area contributed by atoms with Crippen LogP contribution in [0.3, 0.4) is 0 Å². The fraction of sp³-hybridized carbons (Fsp3) is 1.00. The van der Waals surface area contributed by atoms with Crippen LogP contribution in [0.25, 0.3) is 0 Å². The summed E-state index contributed by atoms with van der Waals surface area (Å²) in [5.41, 5.74) is 5.61. The molecule has 15 heavy (non-hydrogen) atoms. The van der Waals surface area contributed by atoms with Crippen molar-refractivity contribution in [1.29, 1.82) is 0 Å². The van der Waals surface area contributed by atoms with Crippen LogP contribution in [0.15, 0.2) is 0 Å². The summed E-state index contributed by atoms with van der Waals surface area (Å²) in [6, 6.07) is -0.120. The number of ether oxygens (including phenoxy) is 1. The standard InChI is InChI=1S/C12H25NO2/c1-9-3-4-12(7-10(9)2)15-6-5-11(13)8-14/h9-12,14H,3-8,13H2,1-2H3. The summed E-state index contributed by atoms with van der Waals surface area (Å²) in [4.78, 5) is 0. The molecule has 0 heterocycles. The SMILES string of the molecule is CC1CCC(OCCC(N)CO)CC1C. The van der Waals surface area contributed by atoms with Gasteiger partial charge >= 0.3 is 0 Å². The van der Waals surface area contributed by atoms with E-state index in [1.165, 1.54) is 19.3 Å². The van der Waals surface area contributed by atoms with Crippen LogP contribution < -0.4 is 5.73 Å². The first-order chi connectivity index (χ1) is 7.13. The van der Waals surface area contributed by atoms with Gasteiger partial charge in [0.1, 0.15) is 0 Å². The lowest BCUT2D eigenvalue weighted by Crippen LogP contribution is -2.30. The number of hydrogen-bond donors (Lipinski definition) is 2. The highest BCUT2D eigenvalue weighted by Crippen LogP contribution is 2.30. The van der Waals surface area contributed by atoms with Gasteiger partial charge in [0.2, 0.25) is 0 Å². The van der Waals surface area contributed by atoms with Gasteiger partial charge in [-0.1, -0.05) is 13.8 Å². The molecule has 0 aromatic carbocycles. The second kappa shape index (κ2) is 6.46. The Hall–Kier alpha value is -0.120. The van der Waals surface area contributed by atoms with Gasteiger partial charge < -0.3 is 15.6 Å². The van der Waals surface area contributed by atoms with Crippen LogP contribution in [-0.4, -0.2) is 30.5 Å². The molecule has 0 saturated heterocycles. The summed E-state index contributed by atoms with van der Waals surface area (Å²) in [5.74, 6) is 1.61. The lowest BCUT2D eigenvalue weighted by Gasteiger charge is -2.32. The van der Waals surface area contributed by atoms with Gasteiger partial charge in [0.05, 0.1) is 12.7 Å². The van der Waals surface area contributed by atoms with Crippen LogP contribution in [0, 0.1) is 11.8 Å². The van der Waals surface area contributed by atoms with Crippen molar-refractivity contribution in [3.63, 3.8) is 0 Å². The van der Waals surface area contributed by atoms with E-state index in [1.807, 2.05) is 0 Å². The molecular weight excluding hydrogens is 190 g/mol. The summed E-state index contributed by atoms with van der Waals surface area (Å²) in [5, 5.41) is 8.77. The fourth-order valence-corrected chi connectivity index (χ4v) is 2.13. The molecule has 1 aliphatic rings. The molecule has 0 amide bonds. The van der Waals surface area contributed by atoms with E-state index in [2.05, 4.69) is 13.8 Å². The second-order valence-electron chi connectivity index (χ2n) is 4.99. The second-order valence-corrected chi connectivity index (χ2v) is 4.99. The Bertz CT molecular complexity index is 175. The van der Waals surface area contributed by atoms with Gasteiger partial charge in [0, 0.05) is 12.6 Å². The van der Waals surface area contributed by atoms with Gasteiger partial charge in [0.25, 0.3) is 0 Å². The van der Waals surface area contributed by atoms with E-state index >= 15 is 0 Å².